The standard InChI is InChI=1S/C10H7BrClN3OS/c11-5-3-4-15(10(5)16)9-6(12)1-2-7-8(9)14-17-13-7/h1-2,5H,3-4H2. The number of carbonyl (C=O) groups is 1. The Morgan fingerprint density at radius 1 is 1.47 bits per heavy atom. The first-order valence-corrected chi connectivity index (χ1v) is 7.07. The lowest BCUT2D eigenvalue weighted by Crippen LogP contribution is -2.27. The molecule has 7 heteroatoms. The van der Waals surface area contributed by atoms with Crippen molar-refractivity contribution in [2.24, 2.45) is 0 Å². The van der Waals surface area contributed by atoms with Crippen LogP contribution in [-0.4, -0.2) is 26.0 Å². The molecule has 1 fully saturated rings. The molecule has 1 amide bonds. The van der Waals surface area contributed by atoms with Gasteiger partial charge in [0.2, 0.25) is 5.91 Å². The normalized spacial score (nSPS) is 20.5. The highest BCUT2D eigenvalue weighted by Crippen LogP contribution is 2.36. The molecule has 2 heterocycles. The molecule has 1 atom stereocenters. The first kappa shape index (κ1) is 11.4. The molecule has 0 radical (unpaired) electrons. The van der Waals surface area contributed by atoms with Crippen LogP contribution < -0.4 is 4.90 Å². The molecule has 0 aliphatic carbocycles. The number of halogens is 2. The van der Waals surface area contributed by atoms with Crippen molar-refractivity contribution < 1.29 is 4.79 Å². The van der Waals surface area contributed by atoms with E-state index in [1.165, 1.54) is 0 Å². The highest BCUT2D eigenvalue weighted by Gasteiger charge is 2.33. The summed E-state index contributed by atoms with van der Waals surface area (Å²) in [6.07, 6.45) is 0.781. The Balaban J connectivity index is 2.19. The Bertz CT molecular complexity index is 602. The van der Waals surface area contributed by atoms with Gasteiger partial charge in [0, 0.05) is 6.54 Å². The topological polar surface area (TPSA) is 46.1 Å². The summed E-state index contributed by atoms with van der Waals surface area (Å²) in [7, 11) is 0. The molecule has 1 aliphatic heterocycles. The summed E-state index contributed by atoms with van der Waals surface area (Å²) in [4.78, 5) is 13.6. The molecule has 1 saturated heterocycles. The summed E-state index contributed by atoms with van der Waals surface area (Å²) in [5, 5.41) is 0.542. The van der Waals surface area contributed by atoms with Crippen molar-refractivity contribution in [3.05, 3.63) is 17.2 Å². The highest BCUT2D eigenvalue weighted by atomic mass is 79.9. The second-order valence-corrected chi connectivity index (χ2v) is 5.82. The third kappa shape index (κ3) is 1.75. The lowest BCUT2D eigenvalue weighted by molar-refractivity contribution is -0.116. The predicted molar refractivity (Wildman–Crippen MR) is 72.1 cm³/mol. The molecule has 1 aromatic heterocycles. The largest absolute Gasteiger partial charge is 0.308 e. The summed E-state index contributed by atoms with van der Waals surface area (Å²) < 4.78 is 8.38. The second kappa shape index (κ2) is 4.19. The van der Waals surface area contributed by atoms with Crippen molar-refractivity contribution in [1.82, 2.24) is 8.75 Å². The van der Waals surface area contributed by atoms with E-state index in [2.05, 4.69) is 24.7 Å². The fourth-order valence-electron chi connectivity index (χ4n) is 1.94. The fourth-order valence-corrected chi connectivity index (χ4v) is 3.18. The lowest BCUT2D eigenvalue weighted by atomic mass is 10.2. The summed E-state index contributed by atoms with van der Waals surface area (Å²) in [5.74, 6) is 0.0346. The second-order valence-electron chi connectivity index (χ2n) is 3.77. The van der Waals surface area contributed by atoms with Gasteiger partial charge < -0.3 is 4.90 Å². The molecule has 0 saturated carbocycles. The smallest absolute Gasteiger partial charge is 0.240 e. The molecule has 2 aromatic rings. The van der Waals surface area contributed by atoms with Gasteiger partial charge in [-0.1, -0.05) is 27.5 Å². The van der Waals surface area contributed by atoms with E-state index in [1.54, 1.807) is 11.0 Å². The first-order valence-electron chi connectivity index (χ1n) is 5.04. The molecular formula is C10H7BrClN3OS. The minimum absolute atomic E-state index is 0.0346. The number of amides is 1. The number of nitrogens with zero attached hydrogens (tertiary/aromatic N) is 3. The van der Waals surface area contributed by atoms with E-state index >= 15 is 0 Å². The van der Waals surface area contributed by atoms with Crippen LogP contribution in [0.1, 0.15) is 6.42 Å². The molecular weight excluding hydrogens is 326 g/mol. The van der Waals surface area contributed by atoms with Gasteiger partial charge in [-0.25, -0.2) is 0 Å². The van der Waals surface area contributed by atoms with Crippen molar-refractivity contribution in [2.75, 3.05) is 11.4 Å². The van der Waals surface area contributed by atoms with Crippen LogP contribution in [0.2, 0.25) is 5.02 Å². The van der Waals surface area contributed by atoms with E-state index in [0.29, 0.717) is 22.8 Å². The zero-order valence-corrected chi connectivity index (χ0v) is 11.7. The van der Waals surface area contributed by atoms with Crippen molar-refractivity contribution >= 4 is 61.9 Å². The Hall–Kier alpha value is -0.720. The molecule has 4 nitrogen and oxygen atoms in total. The lowest BCUT2D eigenvalue weighted by Gasteiger charge is -2.17. The zero-order chi connectivity index (χ0) is 12.0. The number of rotatable bonds is 1. The van der Waals surface area contributed by atoms with Crippen LogP contribution in [0, 0.1) is 0 Å². The summed E-state index contributed by atoms with van der Waals surface area (Å²) in [6.45, 7) is 0.658. The van der Waals surface area contributed by atoms with Gasteiger partial charge in [0.1, 0.15) is 11.0 Å². The Labute approximate surface area is 115 Å². The Morgan fingerprint density at radius 2 is 2.29 bits per heavy atom. The average molecular weight is 333 g/mol. The van der Waals surface area contributed by atoms with Gasteiger partial charge in [0.15, 0.2) is 0 Å². The molecule has 1 aliphatic rings. The quantitative estimate of drug-likeness (QED) is 0.754. The third-order valence-corrected chi connectivity index (χ3v) is 4.46. The van der Waals surface area contributed by atoms with Crippen LogP contribution in [0.5, 0.6) is 0 Å². The molecule has 0 bridgehead atoms. The number of hydrogen-bond donors (Lipinski definition) is 0. The molecule has 1 unspecified atom stereocenters. The van der Waals surface area contributed by atoms with E-state index in [4.69, 9.17) is 11.6 Å². The Morgan fingerprint density at radius 3 is 3.00 bits per heavy atom. The number of hydrogen-bond acceptors (Lipinski definition) is 4. The third-order valence-electron chi connectivity index (χ3n) is 2.76. The number of alkyl halides is 1. The molecule has 3 rings (SSSR count). The van der Waals surface area contributed by atoms with E-state index in [-0.39, 0.29) is 10.7 Å². The van der Waals surface area contributed by atoms with Crippen LogP contribution >= 0.6 is 39.3 Å². The predicted octanol–water partition coefficient (Wildman–Crippen LogP) is 2.84. The van der Waals surface area contributed by atoms with Crippen LogP contribution in [0.4, 0.5) is 5.69 Å². The molecule has 17 heavy (non-hydrogen) atoms. The number of benzene rings is 1. The maximum atomic E-state index is 12.0. The number of carbonyl (C=O) groups excluding carboxylic acids is 1. The first-order chi connectivity index (χ1) is 8.18. The number of aromatic nitrogens is 2. The van der Waals surface area contributed by atoms with Gasteiger partial charge in [0.05, 0.1) is 27.3 Å². The molecule has 0 spiro atoms. The van der Waals surface area contributed by atoms with Crippen LogP contribution in [0.15, 0.2) is 12.1 Å². The SMILES string of the molecule is O=C1C(Br)CCN1c1c(Cl)ccc2nsnc12. The average Bonchev–Trinajstić information content (AvgIpc) is 2.89. The van der Waals surface area contributed by atoms with Crippen LogP contribution in [0.25, 0.3) is 11.0 Å². The van der Waals surface area contributed by atoms with Gasteiger partial charge in [-0.3, -0.25) is 4.79 Å². The van der Waals surface area contributed by atoms with Gasteiger partial charge in [-0.15, -0.1) is 0 Å². The van der Waals surface area contributed by atoms with Crippen molar-refractivity contribution in [3.8, 4) is 0 Å². The minimum atomic E-state index is -0.125. The van der Waals surface area contributed by atoms with E-state index < -0.39 is 0 Å². The van der Waals surface area contributed by atoms with E-state index in [0.717, 1.165) is 23.7 Å². The zero-order valence-electron chi connectivity index (χ0n) is 8.56. The maximum absolute atomic E-state index is 12.0. The summed E-state index contributed by atoms with van der Waals surface area (Å²) >= 11 is 10.7. The number of fused-ring (bicyclic) bond motifs is 1. The van der Waals surface area contributed by atoms with Crippen molar-refractivity contribution in [3.63, 3.8) is 0 Å². The molecule has 0 N–H and O–H groups in total. The molecule has 1 aromatic carbocycles. The van der Waals surface area contributed by atoms with Crippen LogP contribution in [-0.2, 0) is 4.79 Å². The van der Waals surface area contributed by atoms with E-state index in [9.17, 15) is 4.79 Å². The molecule has 88 valence electrons. The van der Waals surface area contributed by atoms with Crippen molar-refractivity contribution in [1.29, 1.82) is 0 Å². The van der Waals surface area contributed by atoms with Crippen molar-refractivity contribution in [2.45, 2.75) is 11.2 Å². The summed E-state index contributed by atoms with van der Waals surface area (Å²) in [6, 6.07) is 3.58. The van der Waals surface area contributed by atoms with Gasteiger partial charge in [-0.2, -0.15) is 8.75 Å². The van der Waals surface area contributed by atoms with Gasteiger partial charge in [0.25, 0.3) is 0 Å². The van der Waals surface area contributed by atoms with E-state index in [1.807, 2.05) is 6.07 Å². The number of anilines is 1. The monoisotopic (exact) mass is 331 g/mol. The fraction of sp³-hybridized carbons (Fsp3) is 0.300. The minimum Gasteiger partial charge on any atom is -0.308 e. The van der Waals surface area contributed by atoms with Crippen LogP contribution in [0.3, 0.4) is 0 Å². The Kier molecular flexibility index (Phi) is 2.80. The highest BCUT2D eigenvalue weighted by molar-refractivity contribution is 9.10. The van der Waals surface area contributed by atoms with Gasteiger partial charge >= 0.3 is 0 Å². The van der Waals surface area contributed by atoms with Gasteiger partial charge in [-0.05, 0) is 18.6 Å². The summed E-state index contributed by atoms with van der Waals surface area (Å²) in [5.41, 5.74) is 2.17. The maximum Gasteiger partial charge on any atom is 0.240 e.